The smallest absolute Gasteiger partial charge is 0.255 e. The minimum absolute atomic E-state index is 0.00452. The number of nitrogen functional groups attached to an aromatic ring is 1. The van der Waals surface area contributed by atoms with Crippen LogP contribution in [0.5, 0.6) is 5.75 Å². The van der Waals surface area contributed by atoms with E-state index in [1.54, 1.807) is 14.0 Å². The zero-order valence-corrected chi connectivity index (χ0v) is 13.2. The fraction of sp³-hybridized carbons (Fsp3) is 0.312. The van der Waals surface area contributed by atoms with Crippen LogP contribution in [-0.2, 0) is 0 Å². The standard InChI is InChI=1S/C16H20N4O2/c1-9(2)22-12-8-6-5-7-11(12)14-13(15(21)18-4)10(3)19-16(17)20-14/h5-9H,1-4H3,(H,18,21)(H2,17,19,20). The van der Waals surface area contributed by atoms with Crippen LogP contribution in [0.4, 0.5) is 5.95 Å². The highest BCUT2D eigenvalue weighted by Gasteiger charge is 2.21. The van der Waals surface area contributed by atoms with Gasteiger partial charge < -0.3 is 15.8 Å². The fourth-order valence-electron chi connectivity index (χ4n) is 2.21. The molecule has 0 bridgehead atoms. The van der Waals surface area contributed by atoms with Crippen LogP contribution in [0.25, 0.3) is 11.3 Å². The number of nitrogens with zero attached hydrogens (tertiary/aromatic N) is 2. The third-order valence-corrected chi connectivity index (χ3v) is 3.07. The molecule has 6 nitrogen and oxygen atoms in total. The molecular formula is C16H20N4O2. The molecule has 1 heterocycles. The molecule has 1 aromatic heterocycles. The first-order chi connectivity index (χ1) is 10.4. The lowest BCUT2D eigenvalue weighted by molar-refractivity contribution is 0.0962. The molecule has 0 radical (unpaired) electrons. The Morgan fingerprint density at radius 1 is 1.27 bits per heavy atom. The van der Waals surface area contributed by atoms with Gasteiger partial charge in [-0.25, -0.2) is 9.97 Å². The van der Waals surface area contributed by atoms with Crippen molar-refractivity contribution in [3.63, 3.8) is 0 Å². The van der Waals surface area contributed by atoms with Gasteiger partial charge in [-0.3, -0.25) is 4.79 Å². The van der Waals surface area contributed by atoms with Gasteiger partial charge in [0.15, 0.2) is 0 Å². The molecule has 0 saturated heterocycles. The summed E-state index contributed by atoms with van der Waals surface area (Å²) in [5, 5.41) is 2.61. The zero-order chi connectivity index (χ0) is 16.3. The molecule has 0 aliphatic carbocycles. The second kappa shape index (κ2) is 6.43. The van der Waals surface area contributed by atoms with E-state index in [4.69, 9.17) is 10.5 Å². The maximum atomic E-state index is 12.2. The normalized spacial score (nSPS) is 10.6. The summed E-state index contributed by atoms with van der Waals surface area (Å²) in [5.74, 6) is 0.520. The maximum absolute atomic E-state index is 12.2. The van der Waals surface area contributed by atoms with Gasteiger partial charge >= 0.3 is 0 Å². The third kappa shape index (κ3) is 3.16. The number of ether oxygens (including phenoxy) is 1. The molecule has 0 aliphatic rings. The Bertz CT molecular complexity index is 699. The number of aromatic nitrogens is 2. The highest BCUT2D eigenvalue weighted by atomic mass is 16.5. The molecule has 0 unspecified atom stereocenters. The summed E-state index contributed by atoms with van der Waals surface area (Å²) in [6.45, 7) is 5.62. The summed E-state index contributed by atoms with van der Waals surface area (Å²) in [5.41, 5.74) is 7.88. The quantitative estimate of drug-likeness (QED) is 0.903. The number of amides is 1. The molecule has 1 aromatic carbocycles. The summed E-state index contributed by atoms with van der Waals surface area (Å²) in [4.78, 5) is 20.6. The van der Waals surface area contributed by atoms with Crippen molar-refractivity contribution in [2.75, 3.05) is 12.8 Å². The molecule has 1 amide bonds. The summed E-state index contributed by atoms with van der Waals surface area (Å²) >= 11 is 0. The van der Waals surface area contributed by atoms with Gasteiger partial charge in [0.05, 0.1) is 23.1 Å². The van der Waals surface area contributed by atoms with Crippen molar-refractivity contribution in [2.45, 2.75) is 26.9 Å². The van der Waals surface area contributed by atoms with E-state index in [1.165, 1.54) is 0 Å². The fourth-order valence-corrected chi connectivity index (χ4v) is 2.21. The van der Waals surface area contributed by atoms with E-state index < -0.39 is 0 Å². The summed E-state index contributed by atoms with van der Waals surface area (Å²) in [6.07, 6.45) is 0.00452. The maximum Gasteiger partial charge on any atom is 0.255 e. The van der Waals surface area contributed by atoms with Crippen LogP contribution in [0.1, 0.15) is 29.9 Å². The van der Waals surface area contributed by atoms with Crippen molar-refractivity contribution < 1.29 is 9.53 Å². The van der Waals surface area contributed by atoms with Gasteiger partial charge in [0.2, 0.25) is 5.95 Å². The van der Waals surface area contributed by atoms with Crippen LogP contribution in [0.2, 0.25) is 0 Å². The van der Waals surface area contributed by atoms with Crippen LogP contribution >= 0.6 is 0 Å². The minimum Gasteiger partial charge on any atom is -0.490 e. The summed E-state index contributed by atoms with van der Waals surface area (Å²) < 4.78 is 5.81. The summed E-state index contributed by atoms with van der Waals surface area (Å²) in [7, 11) is 1.57. The van der Waals surface area contributed by atoms with Crippen molar-refractivity contribution in [3.8, 4) is 17.0 Å². The Morgan fingerprint density at radius 2 is 1.95 bits per heavy atom. The van der Waals surface area contributed by atoms with Crippen molar-refractivity contribution in [1.29, 1.82) is 0 Å². The van der Waals surface area contributed by atoms with Gasteiger partial charge in [-0.2, -0.15) is 0 Å². The number of hydrogen-bond acceptors (Lipinski definition) is 5. The number of anilines is 1. The highest BCUT2D eigenvalue weighted by Crippen LogP contribution is 2.32. The molecule has 6 heteroatoms. The number of benzene rings is 1. The largest absolute Gasteiger partial charge is 0.490 e. The molecule has 0 fully saturated rings. The van der Waals surface area contributed by atoms with E-state index in [0.717, 1.165) is 0 Å². The SMILES string of the molecule is CNC(=O)c1c(C)nc(N)nc1-c1ccccc1OC(C)C. The van der Waals surface area contributed by atoms with Gasteiger partial charge in [0.25, 0.3) is 5.91 Å². The third-order valence-electron chi connectivity index (χ3n) is 3.07. The Kier molecular flexibility index (Phi) is 4.60. The van der Waals surface area contributed by atoms with Crippen molar-refractivity contribution in [1.82, 2.24) is 15.3 Å². The molecule has 22 heavy (non-hydrogen) atoms. The number of rotatable bonds is 4. The topological polar surface area (TPSA) is 90.1 Å². The van der Waals surface area contributed by atoms with Gasteiger partial charge in [-0.1, -0.05) is 12.1 Å². The first-order valence-electron chi connectivity index (χ1n) is 7.06. The number of nitrogens with two attached hydrogens (primary N) is 1. The number of aryl methyl sites for hydroxylation is 1. The highest BCUT2D eigenvalue weighted by molar-refractivity contribution is 6.01. The molecule has 2 aromatic rings. The number of carbonyl (C=O) groups excluding carboxylic acids is 1. The molecular weight excluding hydrogens is 280 g/mol. The Hall–Kier alpha value is -2.63. The lowest BCUT2D eigenvalue weighted by atomic mass is 10.0. The monoisotopic (exact) mass is 300 g/mol. The Morgan fingerprint density at radius 3 is 2.59 bits per heavy atom. The van der Waals surface area contributed by atoms with E-state index in [1.807, 2.05) is 38.1 Å². The first kappa shape index (κ1) is 15.8. The average Bonchev–Trinajstić information content (AvgIpc) is 2.45. The van der Waals surface area contributed by atoms with E-state index in [2.05, 4.69) is 15.3 Å². The van der Waals surface area contributed by atoms with Gasteiger partial charge in [-0.15, -0.1) is 0 Å². The predicted molar refractivity (Wildman–Crippen MR) is 85.8 cm³/mol. The Labute approximate surface area is 129 Å². The summed E-state index contributed by atoms with van der Waals surface area (Å²) in [6, 6.07) is 7.43. The second-order valence-corrected chi connectivity index (χ2v) is 5.13. The molecule has 0 spiro atoms. The van der Waals surface area contributed by atoms with Gasteiger partial charge in [0.1, 0.15) is 5.75 Å². The average molecular weight is 300 g/mol. The molecule has 3 N–H and O–H groups in total. The lowest BCUT2D eigenvalue weighted by Gasteiger charge is -2.16. The molecule has 2 rings (SSSR count). The van der Waals surface area contributed by atoms with E-state index in [-0.39, 0.29) is 18.0 Å². The van der Waals surface area contributed by atoms with Gasteiger partial charge in [0, 0.05) is 12.6 Å². The van der Waals surface area contributed by atoms with E-state index >= 15 is 0 Å². The molecule has 116 valence electrons. The predicted octanol–water partition coefficient (Wildman–Crippen LogP) is 2.18. The first-order valence-corrected chi connectivity index (χ1v) is 7.06. The van der Waals surface area contributed by atoms with Crippen LogP contribution < -0.4 is 15.8 Å². The van der Waals surface area contributed by atoms with Gasteiger partial charge in [-0.05, 0) is 32.9 Å². The van der Waals surface area contributed by atoms with Crippen LogP contribution in [-0.4, -0.2) is 29.0 Å². The second-order valence-electron chi connectivity index (χ2n) is 5.13. The van der Waals surface area contributed by atoms with Crippen LogP contribution in [0.15, 0.2) is 24.3 Å². The number of hydrogen-bond donors (Lipinski definition) is 2. The number of para-hydroxylation sites is 1. The Balaban J connectivity index is 2.69. The van der Waals surface area contributed by atoms with Crippen LogP contribution in [0, 0.1) is 6.92 Å². The minimum atomic E-state index is -0.258. The van der Waals surface area contributed by atoms with Crippen molar-refractivity contribution in [3.05, 3.63) is 35.5 Å². The van der Waals surface area contributed by atoms with E-state index in [0.29, 0.717) is 28.3 Å². The lowest BCUT2D eigenvalue weighted by Crippen LogP contribution is -2.22. The van der Waals surface area contributed by atoms with Crippen molar-refractivity contribution in [2.24, 2.45) is 0 Å². The van der Waals surface area contributed by atoms with Crippen molar-refractivity contribution >= 4 is 11.9 Å². The zero-order valence-electron chi connectivity index (χ0n) is 13.2. The molecule has 0 aliphatic heterocycles. The number of carbonyl (C=O) groups is 1. The molecule has 0 atom stereocenters. The van der Waals surface area contributed by atoms with E-state index in [9.17, 15) is 4.79 Å². The van der Waals surface area contributed by atoms with Crippen LogP contribution in [0.3, 0.4) is 0 Å². The molecule has 0 saturated carbocycles. The number of nitrogens with one attached hydrogen (secondary N) is 1.